The van der Waals surface area contributed by atoms with Gasteiger partial charge in [0.05, 0.1) is 5.56 Å². The molecule has 0 saturated carbocycles. The molecule has 0 fully saturated rings. The fourth-order valence-electron chi connectivity index (χ4n) is 1.86. The predicted octanol–water partition coefficient (Wildman–Crippen LogP) is 2.01. The van der Waals surface area contributed by atoms with Crippen molar-refractivity contribution >= 4 is 16.7 Å². The van der Waals surface area contributed by atoms with Crippen LogP contribution in [0, 0.1) is 0 Å². The van der Waals surface area contributed by atoms with Gasteiger partial charge in [-0.25, -0.2) is 0 Å². The SMILES string of the molecule is CC(C)(CN)NC(=O)c1ccc2ccccc2c1O. The largest absolute Gasteiger partial charge is 0.506 e. The number of carbonyl (C=O) groups is 1. The van der Waals surface area contributed by atoms with Gasteiger partial charge in [0.2, 0.25) is 0 Å². The Morgan fingerprint density at radius 3 is 2.63 bits per heavy atom. The Labute approximate surface area is 112 Å². The monoisotopic (exact) mass is 258 g/mol. The summed E-state index contributed by atoms with van der Waals surface area (Å²) in [5.74, 6) is -0.317. The molecule has 0 saturated heterocycles. The first-order chi connectivity index (χ1) is 8.94. The van der Waals surface area contributed by atoms with Crippen LogP contribution < -0.4 is 11.1 Å². The van der Waals surface area contributed by atoms with Crippen molar-refractivity contribution in [2.75, 3.05) is 6.54 Å². The maximum atomic E-state index is 12.2. The number of nitrogens with one attached hydrogen (secondary N) is 1. The van der Waals surface area contributed by atoms with Gasteiger partial charge in [-0.3, -0.25) is 4.79 Å². The Morgan fingerprint density at radius 2 is 1.95 bits per heavy atom. The molecule has 0 spiro atoms. The molecule has 0 aliphatic rings. The summed E-state index contributed by atoms with van der Waals surface area (Å²) in [6.07, 6.45) is 0. The molecule has 0 aromatic heterocycles. The summed E-state index contributed by atoms with van der Waals surface area (Å²) in [5, 5.41) is 14.6. The van der Waals surface area contributed by atoms with E-state index in [2.05, 4.69) is 5.32 Å². The third-order valence-corrected chi connectivity index (χ3v) is 3.11. The summed E-state index contributed by atoms with van der Waals surface area (Å²) < 4.78 is 0. The Kier molecular flexibility index (Phi) is 3.44. The highest BCUT2D eigenvalue weighted by molar-refractivity contribution is 6.03. The third-order valence-electron chi connectivity index (χ3n) is 3.11. The molecule has 1 amide bonds. The highest BCUT2D eigenvalue weighted by atomic mass is 16.3. The second kappa shape index (κ2) is 4.90. The van der Waals surface area contributed by atoms with Crippen LogP contribution in [0.5, 0.6) is 5.75 Å². The minimum atomic E-state index is -0.505. The van der Waals surface area contributed by atoms with E-state index in [1.54, 1.807) is 12.1 Å². The molecule has 0 unspecified atom stereocenters. The second-order valence-electron chi connectivity index (χ2n) is 5.22. The summed E-state index contributed by atoms with van der Waals surface area (Å²) >= 11 is 0. The van der Waals surface area contributed by atoms with Crippen molar-refractivity contribution in [1.82, 2.24) is 5.32 Å². The molecular formula is C15H18N2O2. The second-order valence-corrected chi connectivity index (χ2v) is 5.22. The number of rotatable bonds is 3. The van der Waals surface area contributed by atoms with Crippen molar-refractivity contribution in [3.8, 4) is 5.75 Å². The highest BCUT2D eigenvalue weighted by Gasteiger charge is 2.21. The number of carbonyl (C=O) groups excluding carboxylic acids is 1. The van der Waals surface area contributed by atoms with E-state index in [1.807, 2.05) is 38.1 Å². The zero-order valence-corrected chi connectivity index (χ0v) is 11.1. The normalized spacial score (nSPS) is 11.5. The highest BCUT2D eigenvalue weighted by Crippen LogP contribution is 2.28. The fourth-order valence-corrected chi connectivity index (χ4v) is 1.86. The van der Waals surface area contributed by atoms with Crippen LogP contribution in [0.3, 0.4) is 0 Å². The minimum Gasteiger partial charge on any atom is -0.506 e. The van der Waals surface area contributed by atoms with Gasteiger partial charge in [0.1, 0.15) is 5.75 Å². The number of amides is 1. The summed E-state index contributed by atoms with van der Waals surface area (Å²) in [4.78, 5) is 12.2. The maximum Gasteiger partial charge on any atom is 0.255 e. The van der Waals surface area contributed by atoms with Gasteiger partial charge >= 0.3 is 0 Å². The lowest BCUT2D eigenvalue weighted by Crippen LogP contribution is -2.48. The number of nitrogens with two attached hydrogens (primary N) is 1. The minimum absolute atomic E-state index is 0.00317. The van der Waals surface area contributed by atoms with Crippen molar-refractivity contribution < 1.29 is 9.90 Å². The molecule has 2 rings (SSSR count). The van der Waals surface area contributed by atoms with Gasteiger partial charge in [-0.05, 0) is 25.3 Å². The molecule has 0 radical (unpaired) electrons. The Hall–Kier alpha value is -2.07. The van der Waals surface area contributed by atoms with Crippen LogP contribution in [0.2, 0.25) is 0 Å². The third kappa shape index (κ3) is 2.69. The number of hydrogen-bond acceptors (Lipinski definition) is 3. The van der Waals surface area contributed by atoms with Gasteiger partial charge in [0.25, 0.3) is 5.91 Å². The van der Waals surface area contributed by atoms with Crippen LogP contribution in [-0.2, 0) is 0 Å². The number of phenolic OH excluding ortho intramolecular Hbond substituents is 1. The summed E-state index contributed by atoms with van der Waals surface area (Å²) in [6, 6.07) is 10.8. The van der Waals surface area contributed by atoms with E-state index in [1.165, 1.54) is 0 Å². The summed E-state index contributed by atoms with van der Waals surface area (Å²) in [5.41, 5.74) is 5.34. The molecule has 4 heteroatoms. The molecule has 0 atom stereocenters. The summed E-state index contributed by atoms with van der Waals surface area (Å²) in [6.45, 7) is 4.00. The molecule has 0 aliphatic carbocycles. The predicted molar refractivity (Wildman–Crippen MR) is 76.2 cm³/mol. The molecule has 2 aromatic rings. The van der Waals surface area contributed by atoms with Crippen LogP contribution in [0.15, 0.2) is 36.4 Å². The van der Waals surface area contributed by atoms with E-state index in [0.717, 1.165) is 5.39 Å². The van der Waals surface area contributed by atoms with Crippen molar-refractivity contribution in [3.05, 3.63) is 42.0 Å². The molecule has 4 N–H and O–H groups in total. The first kappa shape index (κ1) is 13.4. The van der Waals surface area contributed by atoms with Gasteiger partial charge in [-0.1, -0.05) is 30.3 Å². The van der Waals surface area contributed by atoms with Gasteiger partial charge in [-0.15, -0.1) is 0 Å². The van der Waals surface area contributed by atoms with E-state index in [0.29, 0.717) is 11.9 Å². The fraction of sp³-hybridized carbons (Fsp3) is 0.267. The van der Waals surface area contributed by atoms with Crippen LogP contribution >= 0.6 is 0 Å². The molecule has 4 nitrogen and oxygen atoms in total. The van der Waals surface area contributed by atoms with E-state index < -0.39 is 5.54 Å². The lowest BCUT2D eigenvalue weighted by Gasteiger charge is -2.24. The molecule has 19 heavy (non-hydrogen) atoms. The number of hydrogen-bond donors (Lipinski definition) is 3. The zero-order valence-electron chi connectivity index (χ0n) is 11.1. The van der Waals surface area contributed by atoms with Crippen molar-refractivity contribution in [1.29, 1.82) is 0 Å². The van der Waals surface area contributed by atoms with E-state index in [9.17, 15) is 9.90 Å². The summed E-state index contributed by atoms with van der Waals surface area (Å²) in [7, 11) is 0. The van der Waals surface area contributed by atoms with Crippen LogP contribution in [0.4, 0.5) is 0 Å². The Bertz CT molecular complexity index is 621. The quantitative estimate of drug-likeness (QED) is 0.788. The van der Waals surface area contributed by atoms with Gasteiger partial charge in [0.15, 0.2) is 0 Å². The molecule has 0 bridgehead atoms. The van der Waals surface area contributed by atoms with Gasteiger partial charge in [0, 0.05) is 17.5 Å². The first-order valence-corrected chi connectivity index (χ1v) is 6.18. The molecule has 2 aromatic carbocycles. The average molecular weight is 258 g/mol. The number of aromatic hydroxyl groups is 1. The molecular weight excluding hydrogens is 240 g/mol. The van der Waals surface area contributed by atoms with E-state index >= 15 is 0 Å². The molecule has 100 valence electrons. The number of phenols is 1. The maximum absolute atomic E-state index is 12.2. The Balaban J connectivity index is 2.41. The Morgan fingerprint density at radius 1 is 1.26 bits per heavy atom. The van der Waals surface area contributed by atoms with E-state index in [-0.39, 0.29) is 17.2 Å². The van der Waals surface area contributed by atoms with Crippen LogP contribution in [0.1, 0.15) is 24.2 Å². The number of benzene rings is 2. The van der Waals surface area contributed by atoms with Gasteiger partial charge < -0.3 is 16.2 Å². The number of fused-ring (bicyclic) bond motifs is 1. The van der Waals surface area contributed by atoms with Crippen LogP contribution in [0.25, 0.3) is 10.8 Å². The van der Waals surface area contributed by atoms with Crippen molar-refractivity contribution in [2.24, 2.45) is 5.73 Å². The smallest absolute Gasteiger partial charge is 0.255 e. The van der Waals surface area contributed by atoms with Crippen molar-refractivity contribution in [3.63, 3.8) is 0 Å². The average Bonchev–Trinajstić information content (AvgIpc) is 2.39. The topological polar surface area (TPSA) is 75.3 Å². The first-order valence-electron chi connectivity index (χ1n) is 6.18. The van der Waals surface area contributed by atoms with E-state index in [4.69, 9.17) is 5.73 Å². The van der Waals surface area contributed by atoms with Crippen LogP contribution in [-0.4, -0.2) is 23.1 Å². The van der Waals surface area contributed by atoms with Crippen molar-refractivity contribution in [2.45, 2.75) is 19.4 Å². The lowest BCUT2D eigenvalue weighted by molar-refractivity contribution is 0.0913. The molecule has 0 aliphatic heterocycles. The zero-order chi connectivity index (χ0) is 14.0. The van der Waals surface area contributed by atoms with Gasteiger partial charge in [-0.2, -0.15) is 0 Å². The molecule has 0 heterocycles. The lowest BCUT2D eigenvalue weighted by atomic mass is 10.0. The standard InChI is InChI=1S/C15H18N2O2/c1-15(2,9-16)17-14(19)12-8-7-10-5-3-4-6-11(10)13(12)18/h3-8,18H,9,16H2,1-2H3,(H,17,19).